The smallest absolute Gasteiger partial charge is 0.217 e. The fourth-order valence-electron chi connectivity index (χ4n) is 5.69. The molecule has 4 aromatic rings. The number of aromatic nitrogens is 1. The van der Waals surface area contributed by atoms with Crippen LogP contribution in [0.1, 0.15) is 49.1 Å². The molecule has 36 heavy (non-hydrogen) atoms. The van der Waals surface area contributed by atoms with Crippen molar-refractivity contribution in [2.75, 3.05) is 27.7 Å². The molecule has 1 aromatic heterocycles. The minimum absolute atomic E-state index is 0.153. The van der Waals surface area contributed by atoms with Crippen LogP contribution in [-0.2, 0) is 5.60 Å². The van der Waals surface area contributed by atoms with Gasteiger partial charge in [-0.15, -0.1) is 0 Å². The van der Waals surface area contributed by atoms with Crippen LogP contribution in [0.15, 0.2) is 71.2 Å². The quantitative estimate of drug-likeness (QED) is 0.239. The fraction of sp³-hybridized carbons (Fsp3) is 0.387. The molecule has 0 amide bonds. The Bertz CT molecular complexity index is 1360. The molecule has 0 saturated heterocycles. The number of rotatable bonds is 9. The van der Waals surface area contributed by atoms with Crippen LogP contribution in [0.5, 0.6) is 5.88 Å². The van der Waals surface area contributed by atoms with E-state index in [2.05, 4.69) is 89.5 Å². The Morgan fingerprint density at radius 3 is 2.56 bits per heavy atom. The molecule has 3 aromatic carbocycles. The number of benzene rings is 3. The van der Waals surface area contributed by atoms with Crippen LogP contribution in [0.25, 0.3) is 21.7 Å². The monoisotopic (exact) mass is 546 g/mol. The van der Waals surface area contributed by atoms with Crippen molar-refractivity contribution in [3.05, 3.63) is 82.3 Å². The maximum Gasteiger partial charge on any atom is 0.217 e. The first kappa shape index (κ1) is 25.2. The zero-order valence-electron chi connectivity index (χ0n) is 21.4. The summed E-state index contributed by atoms with van der Waals surface area (Å²) in [5.74, 6) is 1.05. The normalized spacial score (nSPS) is 16.7. The average molecular weight is 548 g/mol. The highest BCUT2D eigenvalue weighted by atomic mass is 79.9. The van der Waals surface area contributed by atoms with Crippen molar-refractivity contribution in [1.82, 2.24) is 9.88 Å². The van der Waals surface area contributed by atoms with E-state index >= 15 is 0 Å². The van der Waals surface area contributed by atoms with Gasteiger partial charge in [0.05, 0.1) is 18.2 Å². The zero-order valence-corrected chi connectivity index (χ0v) is 23.0. The molecule has 1 saturated carbocycles. The number of methoxy groups -OCH3 is 1. The van der Waals surface area contributed by atoms with Gasteiger partial charge in [0.25, 0.3) is 0 Å². The van der Waals surface area contributed by atoms with E-state index in [1.54, 1.807) is 7.11 Å². The Morgan fingerprint density at radius 1 is 1.06 bits per heavy atom. The lowest BCUT2D eigenvalue weighted by atomic mass is 9.67. The van der Waals surface area contributed by atoms with E-state index in [0.29, 0.717) is 18.2 Å². The van der Waals surface area contributed by atoms with Gasteiger partial charge in [-0.1, -0.05) is 77.7 Å². The first-order valence-electron chi connectivity index (χ1n) is 12.9. The van der Waals surface area contributed by atoms with Gasteiger partial charge in [0.15, 0.2) is 0 Å². The van der Waals surface area contributed by atoms with Crippen LogP contribution in [0.4, 0.5) is 0 Å². The third-order valence-corrected chi connectivity index (χ3v) is 8.40. The van der Waals surface area contributed by atoms with Crippen molar-refractivity contribution < 1.29 is 9.84 Å². The molecule has 0 spiro atoms. The number of nitrogens with zero attached hydrogens (tertiary/aromatic N) is 2. The number of hydrogen-bond donors (Lipinski definition) is 1. The van der Waals surface area contributed by atoms with Gasteiger partial charge in [0.2, 0.25) is 5.88 Å². The summed E-state index contributed by atoms with van der Waals surface area (Å²) >= 11 is 3.62. The number of halogens is 1. The second-order valence-corrected chi connectivity index (χ2v) is 11.4. The summed E-state index contributed by atoms with van der Waals surface area (Å²) in [5.41, 5.74) is 1.78. The van der Waals surface area contributed by atoms with Crippen molar-refractivity contribution in [2.45, 2.75) is 43.6 Å². The van der Waals surface area contributed by atoms with Crippen molar-refractivity contribution >= 4 is 37.6 Å². The molecule has 5 heteroatoms. The molecular formula is C31H35BrN2O2. The molecule has 0 radical (unpaired) electrons. The third-order valence-electron chi connectivity index (χ3n) is 7.90. The van der Waals surface area contributed by atoms with E-state index in [4.69, 9.17) is 9.72 Å². The summed E-state index contributed by atoms with van der Waals surface area (Å²) < 4.78 is 6.91. The minimum atomic E-state index is -1.09. The highest BCUT2D eigenvalue weighted by molar-refractivity contribution is 9.10. The zero-order chi connectivity index (χ0) is 25.3. The van der Waals surface area contributed by atoms with Gasteiger partial charge in [-0.05, 0) is 73.5 Å². The van der Waals surface area contributed by atoms with Crippen molar-refractivity contribution in [3.8, 4) is 5.88 Å². The van der Waals surface area contributed by atoms with Crippen LogP contribution < -0.4 is 4.74 Å². The molecule has 5 rings (SSSR count). The Balaban J connectivity index is 1.74. The van der Waals surface area contributed by atoms with Crippen molar-refractivity contribution in [3.63, 3.8) is 0 Å². The summed E-state index contributed by atoms with van der Waals surface area (Å²) in [6.07, 6.45) is 5.22. The lowest BCUT2D eigenvalue weighted by Crippen LogP contribution is -2.39. The SMILES string of the molecule is COc1nc2ccc(Br)cc2cc1C(CC1CCC1)C(O)(CCN(C)C)c1cccc2ccccc12. The summed E-state index contributed by atoms with van der Waals surface area (Å²) in [6, 6.07) is 23.0. The molecule has 1 aliphatic carbocycles. The van der Waals surface area contributed by atoms with E-state index in [1.165, 1.54) is 19.3 Å². The maximum absolute atomic E-state index is 12.9. The third kappa shape index (κ3) is 4.89. The largest absolute Gasteiger partial charge is 0.481 e. The molecule has 1 fully saturated rings. The minimum Gasteiger partial charge on any atom is -0.481 e. The summed E-state index contributed by atoms with van der Waals surface area (Å²) in [5, 5.41) is 16.2. The summed E-state index contributed by atoms with van der Waals surface area (Å²) in [7, 11) is 5.83. The Kier molecular flexibility index (Phi) is 7.34. The van der Waals surface area contributed by atoms with Crippen LogP contribution >= 0.6 is 15.9 Å². The van der Waals surface area contributed by atoms with Gasteiger partial charge in [-0.3, -0.25) is 0 Å². The number of aliphatic hydroxyl groups is 1. The lowest BCUT2D eigenvalue weighted by molar-refractivity contribution is -0.0176. The Labute approximate surface area is 222 Å². The van der Waals surface area contributed by atoms with Crippen molar-refractivity contribution in [2.24, 2.45) is 5.92 Å². The first-order chi connectivity index (χ1) is 17.4. The first-order valence-corrected chi connectivity index (χ1v) is 13.7. The topological polar surface area (TPSA) is 45.6 Å². The highest BCUT2D eigenvalue weighted by Crippen LogP contribution is 2.50. The Morgan fingerprint density at radius 2 is 1.83 bits per heavy atom. The summed E-state index contributed by atoms with van der Waals surface area (Å²) in [6.45, 7) is 0.774. The molecule has 0 aliphatic heterocycles. The second-order valence-electron chi connectivity index (χ2n) is 10.5. The Hall–Kier alpha value is -2.47. The molecule has 1 N–H and O–H groups in total. The number of ether oxygens (including phenoxy) is 1. The van der Waals surface area contributed by atoms with E-state index in [1.807, 2.05) is 12.1 Å². The van der Waals surface area contributed by atoms with Gasteiger partial charge in [-0.2, -0.15) is 0 Å². The van der Waals surface area contributed by atoms with Gasteiger partial charge >= 0.3 is 0 Å². The molecular weight excluding hydrogens is 512 g/mol. The standard InChI is InChI=1S/C31H35BrN2O2/c1-34(2)17-16-31(35,27-13-7-11-22-10-4-5-12-25(22)27)28(18-21-8-6-9-21)26-20-23-19-24(32)14-15-29(23)33-30(26)36-3/h4-5,7,10-15,19-21,28,35H,6,8-9,16-18H2,1-3H3. The van der Waals surface area contributed by atoms with Gasteiger partial charge in [-0.25, -0.2) is 4.98 Å². The molecule has 188 valence electrons. The molecule has 0 bridgehead atoms. The van der Waals surface area contributed by atoms with Crippen LogP contribution in [0, 0.1) is 5.92 Å². The lowest BCUT2D eigenvalue weighted by Gasteiger charge is -2.42. The van der Waals surface area contributed by atoms with E-state index in [0.717, 1.165) is 50.2 Å². The van der Waals surface area contributed by atoms with Crippen LogP contribution in [0.3, 0.4) is 0 Å². The van der Waals surface area contributed by atoms with Gasteiger partial charge in [0, 0.05) is 27.9 Å². The predicted octanol–water partition coefficient (Wildman–Crippen LogP) is 7.27. The fourth-order valence-corrected chi connectivity index (χ4v) is 6.07. The molecule has 2 atom stereocenters. The average Bonchev–Trinajstić information content (AvgIpc) is 2.85. The van der Waals surface area contributed by atoms with Crippen LogP contribution in [-0.4, -0.2) is 42.7 Å². The maximum atomic E-state index is 12.9. The second kappa shape index (κ2) is 10.5. The number of pyridine rings is 1. The highest BCUT2D eigenvalue weighted by Gasteiger charge is 2.43. The van der Waals surface area contributed by atoms with Crippen LogP contribution in [0.2, 0.25) is 0 Å². The number of hydrogen-bond acceptors (Lipinski definition) is 4. The van der Waals surface area contributed by atoms with Crippen molar-refractivity contribution in [1.29, 1.82) is 0 Å². The van der Waals surface area contributed by atoms with E-state index < -0.39 is 5.60 Å². The predicted molar refractivity (Wildman–Crippen MR) is 152 cm³/mol. The van der Waals surface area contributed by atoms with E-state index in [9.17, 15) is 5.11 Å². The van der Waals surface area contributed by atoms with E-state index in [-0.39, 0.29) is 5.92 Å². The van der Waals surface area contributed by atoms with Gasteiger partial charge < -0.3 is 14.7 Å². The molecule has 4 nitrogen and oxygen atoms in total. The molecule has 2 unspecified atom stereocenters. The molecule has 1 heterocycles. The van der Waals surface area contributed by atoms with Gasteiger partial charge in [0.1, 0.15) is 0 Å². The molecule has 1 aliphatic rings. The number of fused-ring (bicyclic) bond motifs is 2. The summed E-state index contributed by atoms with van der Waals surface area (Å²) in [4.78, 5) is 7.06.